The molecule has 2 aliphatic rings. The monoisotopic (exact) mass is 310 g/mol. The second-order valence-corrected chi connectivity index (χ2v) is 6.55. The van der Waals surface area contributed by atoms with E-state index in [1.165, 1.54) is 12.8 Å². The summed E-state index contributed by atoms with van der Waals surface area (Å²) in [5.41, 5.74) is 0. The van der Waals surface area contributed by atoms with Gasteiger partial charge in [-0.1, -0.05) is 5.16 Å². The Morgan fingerprint density at radius 3 is 3.00 bits per heavy atom. The normalized spacial score (nSPS) is 24.3. The van der Waals surface area contributed by atoms with E-state index >= 15 is 0 Å². The Hall–Kier alpha value is -1.02. The van der Waals surface area contributed by atoms with Crippen LogP contribution in [0.1, 0.15) is 36.9 Å². The third-order valence-corrected chi connectivity index (χ3v) is 4.50. The Morgan fingerprint density at radius 1 is 1.45 bits per heavy atom. The molecule has 3 rings (SSSR count). The number of likely N-dealkylation sites (tertiary alicyclic amines) is 1. The first-order valence-electron chi connectivity index (χ1n) is 8.07. The number of rotatable bonds is 8. The molecule has 2 atom stereocenters. The van der Waals surface area contributed by atoms with Crippen molar-refractivity contribution in [3.8, 4) is 0 Å². The maximum Gasteiger partial charge on any atom is 0.229 e. The smallest absolute Gasteiger partial charge is 0.229 e. The molecule has 124 valence electrons. The summed E-state index contributed by atoms with van der Waals surface area (Å²) in [6, 6.07) is 0.470. The SMILES string of the molecule is COC[C@@H](O)CN1CC[C@@H](N(C)Cc2noc(C3CC3)n2)C1. The Morgan fingerprint density at radius 2 is 2.27 bits per heavy atom. The minimum absolute atomic E-state index is 0.393. The third kappa shape index (κ3) is 4.04. The van der Waals surface area contributed by atoms with Crippen molar-refractivity contribution in [3.63, 3.8) is 0 Å². The first kappa shape index (κ1) is 15.9. The highest BCUT2D eigenvalue weighted by molar-refractivity contribution is 5.01. The molecule has 7 heteroatoms. The van der Waals surface area contributed by atoms with Crippen molar-refractivity contribution < 1.29 is 14.4 Å². The quantitative estimate of drug-likeness (QED) is 0.747. The number of hydrogen-bond donors (Lipinski definition) is 1. The highest BCUT2D eigenvalue weighted by Gasteiger charge is 2.31. The van der Waals surface area contributed by atoms with E-state index in [0.717, 1.165) is 37.8 Å². The van der Waals surface area contributed by atoms with Crippen LogP contribution in [-0.4, -0.2) is 77.6 Å². The summed E-state index contributed by atoms with van der Waals surface area (Å²) in [6.45, 7) is 3.76. The fourth-order valence-electron chi connectivity index (χ4n) is 3.06. The Labute approximate surface area is 131 Å². The first-order chi connectivity index (χ1) is 10.7. The molecule has 0 bridgehead atoms. The van der Waals surface area contributed by atoms with Crippen molar-refractivity contribution >= 4 is 0 Å². The number of aliphatic hydroxyl groups is 1. The van der Waals surface area contributed by atoms with Crippen LogP contribution in [0.2, 0.25) is 0 Å². The predicted octanol–water partition coefficient (Wildman–Crippen LogP) is 0.460. The van der Waals surface area contributed by atoms with Gasteiger partial charge in [-0.15, -0.1) is 0 Å². The second kappa shape index (κ2) is 7.04. The molecule has 1 aromatic heterocycles. The van der Waals surface area contributed by atoms with E-state index in [-0.39, 0.29) is 0 Å². The Balaban J connectivity index is 1.45. The van der Waals surface area contributed by atoms with E-state index in [4.69, 9.17) is 9.26 Å². The minimum Gasteiger partial charge on any atom is -0.389 e. The standard InChI is InChI=1S/C15H26N4O3/c1-18(9-14-16-15(22-17-14)11-3-4-11)12-5-6-19(7-12)8-13(20)10-21-2/h11-13,20H,3-10H2,1-2H3/t12-,13+/m1/s1. The van der Waals surface area contributed by atoms with Gasteiger partial charge in [0.25, 0.3) is 0 Å². The predicted molar refractivity (Wildman–Crippen MR) is 80.5 cm³/mol. The maximum atomic E-state index is 9.82. The first-order valence-corrected chi connectivity index (χ1v) is 8.07. The molecule has 2 fully saturated rings. The summed E-state index contributed by atoms with van der Waals surface area (Å²) in [6.07, 6.45) is 3.05. The molecule has 0 spiro atoms. The van der Waals surface area contributed by atoms with Gasteiger partial charge < -0.3 is 14.4 Å². The van der Waals surface area contributed by atoms with E-state index in [9.17, 15) is 5.11 Å². The van der Waals surface area contributed by atoms with Crippen molar-refractivity contribution in [2.75, 3.05) is 40.4 Å². The molecular weight excluding hydrogens is 284 g/mol. The van der Waals surface area contributed by atoms with Gasteiger partial charge in [0.2, 0.25) is 5.89 Å². The molecule has 1 N–H and O–H groups in total. The maximum absolute atomic E-state index is 9.82. The fourth-order valence-corrected chi connectivity index (χ4v) is 3.06. The van der Waals surface area contributed by atoms with Gasteiger partial charge in [-0.25, -0.2) is 0 Å². The zero-order chi connectivity index (χ0) is 15.5. The summed E-state index contributed by atoms with van der Waals surface area (Å²) in [5.74, 6) is 2.09. The van der Waals surface area contributed by atoms with Gasteiger partial charge in [-0.2, -0.15) is 4.98 Å². The Bertz CT molecular complexity index is 477. The van der Waals surface area contributed by atoms with E-state index in [1.807, 2.05) is 0 Å². The number of aromatic nitrogens is 2. The van der Waals surface area contributed by atoms with Gasteiger partial charge in [-0.3, -0.25) is 9.80 Å². The van der Waals surface area contributed by atoms with E-state index in [2.05, 4.69) is 27.0 Å². The third-order valence-electron chi connectivity index (χ3n) is 4.50. The van der Waals surface area contributed by atoms with Gasteiger partial charge in [0.1, 0.15) is 0 Å². The molecule has 22 heavy (non-hydrogen) atoms. The molecule has 2 heterocycles. The number of likely N-dealkylation sites (N-methyl/N-ethyl adjacent to an activating group) is 1. The number of hydrogen-bond acceptors (Lipinski definition) is 7. The van der Waals surface area contributed by atoms with Crippen LogP contribution in [0.4, 0.5) is 0 Å². The summed E-state index contributed by atoms with van der Waals surface area (Å²) >= 11 is 0. The zero-order valence-corrected chi connectivity index (χ0v) is 13.4. The van der Waals surface area contributed by atoms with Crippen molar-refractivity contribution in [3.05, 3.63) is 11.7 Å². The molecule has 1 aliphatic heterocycles. The topological polar surface area (TPSA) is 74.9 Å². The minimum atomic E-state index is -0.410. The second-order valence-electron chi connectivity index (χ2n) is 6.55. The lowest BCUT2D eigenvalue weighted by molar-refractivity contribution is 0.0413. The summed E-state index contributed by atoms with van der Waals surface area (Å²) in [5, 5.41) is 13.9. The van der Waals surface area contributed by atoms with Crippen LogP contribution >= 0.6 is 0 Å². The summed E-state index contributed by atoms with van der Waals surface area (Å²) < 4.78 is 10.3. The van der Waals surface area contributed by atoms with Gasteiger partial charge >= 0.3 is 0 Å². The van der Waals surface area contributed by atoms with E-state index < -0.39 is 6.10 Å². The number of aliphatic hydroxyl groups excluding tert-OH is 1. The highest BCUT2D eigenvalue weighted by Crippen LogP contribution is 2.38. The van der Waals surface area contributed by atoms with Crippen molar-refractivity contribution in [2.24, 2.45) is 0 Å². The number of nitrogens with zero attached hydrogens (tertiary/aromatic N) is 4. The van der Waals surface area contributed by atoms with Crippen LogP contribution < -0.4 is 0 Å². The molecule has 0 unspecified atom stereocenters. The molecule has 1 aliphatic carbocycles. The van der Waals surface area contributed by atoms with Crippen molar-refractivity contribution in [1.82, 2.24) is 19.9 Å². The molecule has 1 saturated heterocycles. The number of β-amino-alcohol motifs (C(OH)–C–C–N with tert-alkyl or cyclic N) is 1. The average molecular weight is 310 g/mol. The van der Waals surface area contributed by atoms with E-state index in [1.54, 1.807) is 7.11 Å². The molecule has 1 saturated carbocycles. The van der Waals surface area contributed by atoms with E-state index in [0.29, 0.717) is 25.1 Å². The number of methoxy groups -OCH3 is 1. The fraction of sp³-hybridized carbons (Fsp3) is 0.867. The zero-order valence-electron chi connectivity index (χ0n) is 13.4. The lowest BCUT2D eigenvalue weighted by atomic mass is 10.2. The molecule has 0 radical (unpaired) electrons. The number of ether oxygens (including phenoxy) is 1. The summed E-state index contributed by atoms with van der Waals surface area (Å²) in [7, 11) is 3.72. The van der Waals surface area contributed by atoms with Gasteiger partial charge in [0.05, 0.1) is 19.3 Å². The molecule has 0 amide bonds. The highest BCUT2D eigenvalue weighted by atomic mass is 16.5. The van der Waals surface area contributed by atoms with Crippen LogP contribution in [0.25, 0.3) is 0 Å². The van der Waals surface area contributed by atoms with Gasteiger partial charge in [-0.05, 0) is 32.9 Å². The van der Waals surface area contributed by atoms with Crippen LogP contribution in [-0.2, 0) is 11.3 Å². The molecular formula is C15H26N4O3. The lowest BCUT2D eigenvalue weighted by Gasteiger charge is -2.24. The van der Waals surface area contributed by atoms with Crippen LogP contribution in [0.5, 0.6) is 0 Å². The largest absolute Gasteiger partial charge is 0.389 e. The van der Waals surface area contributed by atoms with Gasteiger partial charge in [0, 0.05) is 32.2 Å². The molecule has 7 nitrogen and oxygen atoms in total. The molecule has 1 aromatic rings. The van der Waals surface area contributed by atoms with Crippen molar-refractivity contribution in [1.29, 1.82) is 0 Å². The molecule has 0 aromatic carbocycles. The Kier molecular flexibility index (Phi) is 5.07. The van der Waals surface area contributed by atoms with Gasteiger partial charge in [0.15, 0.2) is 5.82 Å². The average Bonchev–Trinajstić information content (AvgIpc) is 3.05. The van der Waals surface area contributed by atoms with Crippen LogP contribution in [0.3, 0.4) is 0 Å². The lowest BCUT2D eigenvalue weighted by Crippen LogP contribution is -2.37. The van der Waals surface area contributed by atoms with Crippen LogP contribution in [0.15, 0.2) is 4.52 Å². The summed E-state index contributed by atoms with van der Waals surface area (Å²) in [4.78, 5) is 9.06. The van der Waals surface area contributed by atoms with Crippen LogP contribution in [0, 0.1) is 0 Å². The van der Waals surface area contributed by atoms with Crippen molar-refractivity contribution in [2.45, 2.75) is 43.9 Å².